The van der Waals surface area contributed by atoms with Gasteiger partial charge in [0.15, 0.2) is 0 Å². The van der Waals surface area contributed by atoms with Gasteiger partial charge in [-0.05, 0) is 49.4 Å². The van der Waals surface area contributed by atoms with Gasteiger partial charge in [0.2, 0.25) is 0 Å². The molecule has 1 fully saturated rings. The molecule has 9 heteroatoms. The molecule has 3 aromatic rings. The van der Waals surface area contributed by atoms with Crippen molar-refractivity contribution in [2.75, 3.05) is 31.5 Å². The number of nitrogens with zero attached hydrogens (tertiary/aromatic N) is 4. The number of carboxylic acids is 1. The second-order valence-electron chi connectivity index (χ2n) is 8.66. The van der Waals surface area contributed by atoms with Gasteiger partial charge in [-0.25, -0.2) is 14.8 Å². The molecule has 0 spiro atoms. The lowest BCUT2D eigenvalue weighted by Gasteiger charge is -2.25. The number of hydrogen-bond acceptors (Lipinski definition) is 5. The predicted octanol–water partition coefficient (Wildman–Crippen LogP) is 3.20. The SMILES string of the molecule is O=C(O)CC(c1nc2ccccc2[nH]1)N1CCN(CCCc2ccc3c(n2)NCCC3)C1=O. The number of fused-ring (bicyclic) bond motifs is 2. The zero-order chi connectivity index (χ0) is 22.8. The van der Waals surface area contributed by atoms with E-state index in [-0.39, 0.29) is 12.5 Å². The second-order valence-corrected chi connectivity index (χ2v) is 8.66. The maximum atomic E-state index is 13.1. The highest BCUT2D eigenvalue weighted by Gasteiger charge is 2.36. The third kappa shape index (κ3) is 4.48. The van der Waals surface area contributed by atoms with Crippen LogP contribution in [0.1, 0.15) is 42.4 Å². The van der Waals surface area contributed by atoms with Crippen molar-refractivity contribution in [2.24, 2.45) is 0 Å². The number of aromatic amines is 1. The van der Waals surface area contributed by atoms with Crippen molar-refractivity contribution in [1.82, 2.24) is 24.8 Å². The van der Waals surface area contributed by atoms with Gasteiger partial charge in [-0.2, -0.15) is 0 Å². The number of aryl methyl sites for hydroxylation is 2. The quantitative estimate of drug-likeness (QED) is 0.488. The van der Waals surface area contributed by atoms with Crippen LogP contribution in [-0.4, -0.2) is 68.0 Å². The first-order chi connectivity index (χ1) is 16.1. The number of imidazole rings is 1. The Kier molecular flexibility index (Phi) is 5.85. The number of aliphatic carboxylic acids is 1. The molecule has 2 aromatic heterocycles. The van der Waals surface area contributed by atoms with Crippen LogP contribution in [0.3, 0.4) is 0 Å². The van der Waals surface area contributed by atoms with Crippen LogP contribution in [0.5, 0.6) is 0 Å². The van der Waals surface area contributed by atoms with E-state index in [2.05, 4.69) is 27.4 Å². The highest BCUT2D eigenvalue weighted by atomic mass is 16.4. The molecule has 1 saturated heterocycles. The number of anilines is 1. The monoisotopic (exact) mass is 448 g/mol. The van der Waals surface area contributed by atoms with E-state index in [4.69, 9.17) is 4.98 Å². The van der Waals surface area contributed by atoms with E-state index in [1.165, 1.54) is 5.56 Å². The molecule has 1 unspecified atom stereocenters. The summed E-state index contributed by atoms with van der Waals surface area (Å²) in [6.45, 7) is 2.63. The van der Waals surface area contributed by atoms with Crippen molar-refractivity contribution >= 4 is 28.9 Å². The number of carbonyl (C=O) groups excluding carboxylic acids is 1. The number of rotatable bonds is 8. The first-order valence-corrected chi connectivity index (χ1v) is 11.5. The lowest BCUT2D eigenvalue weighted by molar-refractivity contribution is -0.138. The number of para-hydroxylation sites is 2. The summed E-state index contributed by atoms with van der Waals surface area (Å²) in [5.74, 6) is 0.544. The van der Waals surface area contributed by atoms with Crippen LogP contribution in [0.25, 0.3) is 11.0 Å². The minimum absolute atomic E-state index is 0.137. The third-order valence-electron chi connectivity index (χ3n) is 6.41. The number of H-pyrrole nitrogens is 1. The largest absolute Gasteiger partial charge is 0.481 e. The number of pyridine rings is 1. The van der Waals surface area contributed by atoms with Crippen LogP contribution in [0.4, 0.5) is 10.6 Å². The Hall–Kier alpha value is -3.62. The Labute approximate surface area is 191 Å². The fourth-order valence-electron chi connectivity index (χ4n) is 4.71. The number of nitrogens with one attached hydrogen (secondary N) is 2. The first kappa shape index (κ1) is 21.2. The molecule has 5 rings (SSSR count). The topological polar surface area (TPSA) is 114 Å². The zero-order valence-corrected chi connectivity index (χ0v) is 18.5. The van der Waals surface area contributed by atoms with Crippen molar-refractivity contribution in [3.63, 3.8) is 0 Å². The van der Waals surface area contributed by atoms with E-state index in [1.54, 1.807) is 9.80 Å². The van der Waals surface area contributed by atoms with E-state index < -0.39 is 12.0 Å². The second kappa shape index (κ2) is 9.09. The van der Waals surface area contributed by atoms with E-state index in [1.807, 2.05) is 24.3 Å². The van der Waals surface area contributed by atoms with Crippen LogP contribution >= 0.6 is 0 Å². The van der Waals surface area contributed by atoms with Crippen LogP contribution in [0.2, 0.25) is 0 Å². The minimum atomic E-state index is -0.959. The molecule has 0 bridgehead atoms. The van der Waals surface area contributed by atoms with Crippen molar-refractivity contribution in [1.29, 1.82) is 0 Å². The predicted molar refractivity (Wildman–Crippen MR) is 124 cm³/mol. The van der Waals surface area contributed by atoms with Gasteiger partial charge in [-0.3, -0.25) is 4.79 Å². The number of amides is 2. The summed E-state index contributed by atoms with van der Waals surface area (Å²) in [4.78, 5) is 40.6. The fourth-order valence-corrected chi connectivity index (χ4v) is 4.71. The first-order valence-electron chi connectivity index (χ1n) is 11.5. The number of aromatic nitrogens is 3. The molecule has 1 atom stereocenters. The number of carbonyl (C=O) groups is 2. The van der Waals surface area contributed by atoms with Gasteiger partial charge in [0.05, 0.1) is 17.5 Å². The molecule has 33 heavy (non-hydrogen) atoms. The van der Waals surface area contributed by atoms with Gasteiger partial charge < -0.3 is 25.2 Å². The summed E-state index contributed by atoms with van der Waals surface area (Å²) in [6.07, 6.45) is 3.61. The highest BCUT2D eigenvalue weighted by molar-refractivity contribution is 5.79. The van der Waals surface area contributed by atoms with E-state index in [0.29, 0.717) is 25.5 Å². The van der Waals surface area contributed by atoms with Gasteiger partial charge in [-0.15, -0.1) is 0 Å². The molecular weight excluding hydrogens is 420 g/mol. The summed E-state index contributed by atoms with van der Waals surface area (Å²) < 4.78 is 0. The highest BCUT2D eigenvalue weighted by Crippen LogP contribution is 2.28. The van der Waals surface area contributed by atoms with Crippen molar-refractivity contribution < 1.29 is 14.7 Å². The summed E-state index contributed by atoms with van der Waals surface area (Å²) in [7, 11) is 0. The normalized spacial score (nSPS) is 16.7. The number of carboxylic acid groups (broad SMARTS) is 1. The van der Waals surface area contributed by atoms with Crippen molar-refractivity contribution in [3.05, 3.63) is 53.5 Å². The minimum Gasteiger partial charge on any atom is -0.481 e. The number of urea groups is 1. The average Bonchev–Trinajstić information content (AvgIpc) is 3.41. The number of hydrogen-bond donors (Lipinski definition) is 3. The average molecular weight is 449 g/mol. The van der Waals surface area contributed by atoms with Crippen molar-refractivity contribution in [3.8, 4) is 0 Å². The molecule has 3 N–H and O–H groups in total. The van der Waals surface area contributed by atoms with Crippen LogP contribution in [0, 0.1) is 0 Å². The fraction of sp³-hybridized carbons (Fsp3) is 0.417. The Balaban J connectivity index is 1.23. The lowest BCUT2D eigenvalue weighted by atomic mass is 10.1. The Morgan fingerprint density at radius 2 is 2.03 bits per heavy atom. The molecule has 172 valence electrons. The smallest absolute Gasteiger partial charge is 0.320 e. The van der Waals surface area contributed by atoms with E-state index >= 15 is 0 Å². The molecular formula is C24H28N6O3. The molecule has 2 amide bonds. The van der Waals surface area contributed by atoms with E-state index in [0.717, 1.165) is 54.8 Å². The van der Waals surface area contributed by atoms with Crippen LogP contribution < -0.4 is 5.32 Å². The maximum absolute atomic E-state index is 13.1. The summed E-state index contributed by atoms with van der Waals surface area (Å²) in [5, 5.41) is 12.8. The summed E-state index contributed by atoms with van der Waals surface area (Å²) in [6, 6.07) is 11.0. The Bertz CT molecular complexity index is 1140. The van der Waals surface area contributed by atoms with Gasteiger partial charge in [0, 0.05) is 31.9 Å². The Morgan fingerprint density at radius 1 is 1.15 bits per heavy atom. The summed E-state index contributed by atoms with van der Waals surface area (Å²) >= 11 is 0. The van der Waals surface area contributed by atoms with Crippen LogP contribution in [0.15, 0.2) is 36.4 Å². The zero-order valence-electron chi connectivity index (χ0n) is 18.5. The lowest BCUT2D eigenvalue weighted by Crippen LogP contribution is -2.36. The molecule has 0 radical (unpaired) electrons. The standard InChI is InChI=1S/C24H28N6O3/c31-21(32)15-20(23-27-18-7-1-2-8-19(18)28-23)30-14-13-29(24(30)33)12-4-6-17-10-9-16-5-3-11-25-22(16)26-17/h1-2,7-10,20H,3-6,11-15H2,(H,25,26)(H,27,28)(H,31,32). The molecule has 0 saturated carbocycles. The van der Waals surface area contributed by atoms with E-state index in [9.17, 15) is 14.7 Å². The Morgan fingerprint density at radius 3 is 2.88 bits per heavy atom. The third-order valence-corrected chi connectivity index (χ3v) is 6.41. The molecule has 1 aromatic carbocycles. The molecule has 9 nitrogen and oxygen atoms in total. The molecule has 2 aliphatic rings. The summed E-state index contributed by atoms with van der Waals surface area (Å²) in [5.41, 5.74) is 3.89. The number of benzene rings is 1. The molecule has 4 heterocycles. The van der Waals surface area contributed by atoms with Gasteiger partial charge in [-0.1, -0.05) is 18.2 Å². The van der Waals surface area contributed by atoms with Crippen LogP contribution in [-0.2, 0) is 17.6 Å². The maximum Gasteiger partial charge on any atom is 0.320 e. The van der Waals surface area contributed by atoms with Gasteiger partial charge >= 0.3 is 12.0 Å². The van der Waals surface area contributed by atoms with Crippen molar-refractivity contribution in [2.45, 2.75) is 38.1 Å². The molecule has 0 aliphatic carbocycles. The molecule has 2 aliphatic heterocycles. The van der Waals surface area contributed by atoms with Gasteiger partial charge in [0.1, 0.15) is 17.7 Å². The van der Waals surface area contributed by atoms with Gasteiger partial charge in [0.25, 0.3) is 0 Å².